The van der Waals surface area contributed by atoms with Gasteiger partial charge >= 0.3 is 231 Å². The van der Waals surface area contributed by atoms with E-state index in [9.17, 15) is 0 Å². The van der Waals surface area contributed by atoms with Gasteiger partial charge in [0.15, 0.2) is 0 Å². The molecule has 4 rings (SSSR count). The van der Waals surface area contributed by atoms with E-state index in [-0.39, 0.29) is 46.5 Å². The number of hydrogen-bond acceptors (Lipinski definition) is 0. The quantitative estimate of drug-likeness (QED) is 0.471. The van der Waals surface area contributed by atoms with Crippen LogP contribution >= 0.6 is 0 Å². The van der Waals surface area contributed by atoms with E-state index in [1.165, 1.54) is 33.4 Å². The Balaban J connectivity index is 0.00000253. The van der Waals surface area contributed by atoms with Crippen LogP contribution in [-0.2, 0) is 32.1 Å². The molecule has 2 aliphatic rings. The van der Waals surface area contributed by atoms with Crippen molar-refractivity contribution in [1.82, 2.24) is 0 Å². The minimum atomic E-state index is -2.25. The van der Waals surface area contributed by atoms with Crippen LogP contribution < -0.4 is 24.8 Å². The summed E-state index contributed by atoms with van der Waals surface area (Å²) < 4.78 is 6.11. The van der Waals surface area contributed by atoms with E-state index < -0.39 is 21.3 Å². The van der Waals surface area contributed by atoms with Gasteiger partial charge in [0.1, 0.15) is 0 Å². The van der Waals surface area contributed by atoms with Gasteiger partial charge in [-0.05, 0) is 0 Å². The molecule has 0 bridgehead atoms. The minimum absolute atomic E-state index is 0. The van der Waals surface area contributed by atoms with E-state index in [1.54, 1.807) is 11.1 Å². The smallest absolute Gasteiger partial charge is 1.00 e. The maximum Gasteiger partial charge on any atom is -1.00 e. The van der Waals surface area contributed by atoms with Gasteiger partial charge in [0.25, 0.3) is 0 Å². The van der Waals surface area contributed by atoms with Crippen LogP contribution in [0.5, 0.6) is 0 Å². The van der Waals surface area contributed by atoms with Crippen LogP contribution in [0, 0.1) is 10.8 Å². The van der Waals surface area contributed by atoms with Crippen molar-refractivity contribution in [2.24, 2.45) is 10.8 Å². The van der Waals surface area contributed by atoms with Crippen LogP contribution in [-0.4, -0.2) is 4.21 Å². The Morgan fingerprint density at radius 3 is 1.11 bits per heavy atom. The zero-order chi connectivity index (χ0) is 27.0. The first-order chi connectivity index (χ1) is 16.3. The van der Waals surface area contributed by atoms with Gasteiger partial charge in [0.2, 0.25) is 0 Å². The molecule has 0 amide bonds. The first-order valence-corrected chi connectivity index (χ1v) is 18.3. The van der Waals surface area contributed by atoms with Crippen LogP contribution in [0.15, 0.2) is 48.6 Å². The number of rotatable bonds is 2. The fraction of sp³-hybridized carbons (Fsp3) is 0.514. The Hall–Kier alpha value is -0.747. The summed E-state index contributed by atoms with van der Waals surface area (Å²) in [6.45, 7) is 28.2. The molecular weight excluding hydrogens is 583 g/mol. The third kappa shape index (κ3) is 6.26. The number of allylic oxidation sites excluding steroid dienone is 4. The van der Waals surface area contributed by atoms with Gasteiger partial charge in [-0.1, -0.05) is 0 Å². The largest absolute Gasteiger partial charge is 1.00 e. The van der Waals surface area contributed by atoms with Crippen LogP contribution in [0.4, 0.5) is 0 Å². The summed E-state index contributed by atoms with van der Waals surface area (Å²) in [6.07, 6.45) is 5.29. The van der Waals surface area contributed by atoms with Crippen LogP contribution in [0.1, 0.15) is 124 Å². The normalized spacial score (nSPS) is 18.8. The molecule has 2 aromatic rings. The Morgan fingerprint density at radius 1 is 0.526 bits per heavy atom. The van der Waals surface area contributed by atoms with Crippen molar-refractivity contribution >= 4 is 15.4 Å². The van der Waals surface area contributed by atoms with Gasteiger partial charge in [-0.25, -0.2) is 0 Å². The summed E-state index contributed by atoms with van der Waals surface area (Å²) in [5.74, 6) is 0. The summed E-state index contributed by atoms with van der Waals surface area (Å²) in [7, 11) is 0. The predicted molar refractivity (Wildman–Crippen MR) is 158 cm³/mol. The molecule has 206 valence electrons. The third-order valence-electron chi connectivity index (χ3n) is 8.17. The molecule has 0 spiro atoms. The zero-order valence-electron chi connectivity index (χ0n) is 25.7. The molecule has 3 heteroatoms. The fourth-order valence-corrected chi connectivity index (χ4v) is 11.9. The fourth-order valence-electron chi connectivity index (χ4n) is 5.86. The summed E-state index contributed by atoms with van der Waals surface area (Å²) in [5.41, 5.74) is 12.5. The van der Waals surface area contributed by atoms with Crippen molar-refractivity contribution in [1.29, 1.82) is 0 Å². The van der Waals surface area contributed by atoms with Gasteiger partial charge in [-0.3, -0.25) is 0 Å². The predicted octanol–water partition coefficient (Wildman–Crippen LogP) is 4.01. The van der Waals surface area contributed by atoms with Gasteiger partial charge in [0.05, 0.1) is 0 Å². The molecule has 0 fully saturated rings. The molecule has 0 N–H and O–H groups in total. The molecule has 2 aromatic carbocycles. The zero-order valence-corrected chi connectivity index (χ0v) is 29.7. The molecule has 0 aromatic heterocycles. The summed E-state index contributed by atoms with van der Waals surface area (Å²) in [5, 5.41) is 0. The van der Waals surface area contributed by atoms with E-state index in [0.717, 1.165) is 0 Å². The van der Waals surface area contributed by atoms with Crippen molar-refractivity contribution in [2.45, 2.75) is 101 Å². The molecule has 0 aliphatic heterocycles. The molecule has 2 unspecified atom stereocenters. The van der Waals surface area contributed by atoms with Crippen LogP contribution in [0.2, 0.25) is 0 Å². The van der Waals surface area contributed by atoms with E-state index in [0.29, 0.717) is 7.25 Å². The van der Waals surface area contributed by atoms with Gasteiger partial charge in [-0.2, -0.15) is 0 Å². The maximum absolute atomic E-state index is 5.08. The molecular formula is C35H48Cl2Zr. The summed E-state index contributed by atoms with van der Waals surface area (Å²) >= 11 is -2.25. The Morgan fingerprint density at radius 2 is 0.842 bits per heavy atom. The van der Waals surface area contributed by atoms with Crippen LogP contribution in [0.3, 0.4) is 0 Å². The molecule has 0 heterocycles. The number of halogens is 2. The average Bonchev–Trinajstić information content (AvgIpc) is 3.30. The Labute approximate surface area is 253 Å². The van der Waals surface area contributed by atoms with Crippen molar-refractivity contribution in [3.63, 3.8) is 0 Å². The molecule has 0 saturated heterocycles. The van der Waals surface area contributed by atoms with Gasteiger partial charge in [0, 0.05) is 0 Å². The molecule has 2 aliphatic carbocycles. The second-order valence-corrected chi connectivity index (χ2v) is 21.2. The van der Waals surface area contributed by atoms with E-state index in [2.05, 4.69) is 132 Å². The average molecular weight is 631 g/mol. The molecule has 0 nitrogen and oxygen atoms in total. The first-order valence-electron chi connectivity index (χ1n) is 13.7. The molecule has 0 radical (unpaired) electrons. The van der Waals surface area contributed by atoms with Crippen LogP contribution in [0.25, 0.3) is 11.1 Å². The van der Waals surface area contributed by atoms with E-state index in [4.69, 9.17) is 4.21 Å². The maximum atomic E-state index is 5.08. The van der Waals surface area contributed by atoms with E-state index >= 15 is 0 Å². The van der Waals surface area contributed by atoms with Gasteiger partial charge < -0.3 is 24.8 Å². The van der Waals surface area contributed by atoms with Crippen molar-refractivity contribution in [3.8, 4) is 0 Å². The second-order valence-electron chi connectivity index (χ2n) is 15.3. The number of fused-ring (bicyclic) bond motifs is 2. The Kier molecular flexibility index (Phi) is 9.61. The standard InChI is InChI=1S/2C17H23.CH2.2ClH.Zr/c2*1-16(2,3)13-9-7-12-8-10-15(14(12)11-13)17(4,5)6;;;;/h2*7-11H,1-6H3;1H2;2*1H;/q;;;;;+2/p-2. The molecule has 38 heavy (non-hydrogen) atoms. The van der Waals surface area contributed by atoms with E-state index in [1.807, 2.05) is 0 Å². The van der Waals surface area contributed by atoms with Crippen molar-refractivity contribution in [3.05, 3.63) is 81.9 Å². The monoisotopic (exact) mass is 628 g/mol. The Bertz CT molecular complexity index is 1180. The topological polar surface area (TPSA) is 0 Å². The van der Waals surface area contributed by atoms with Gasteiger partial charge in [-0.15, -0.1) is 0 Å². The number of hydrogen-bond donors (Lipinski definition) is 0. The first kappa shape index (κ1) is 33.5. The molecule has 2 atom stereocenters. The number of benzene rings is 2. The summed E-state index contributed by atoms with van der Waals surface area (Å²) in [4.78, 5) is 0. The SMILES string of the molecule is [CH2]=[Zr+2]([CH]1C=C(C(C)(C)C)c2cc(C(C)(C)C)ccc21)[CH]1C=C(C(C)(C)C)c2cc(C(C)(C)C)ccc21.[Cl-].[Cl-]. The summed E-state index contributed by atoms with van der Waals surface area (Å²) in [6, 6.07) is 14.7. The van der Waals surface area contributed by atoms with Crippen molar-refractivity contribution in [2.75, 3.05) is 0 Å². The second kappa shape index (κ2) is 10.9. The third-order valence-corrected chi connectivity index (χ3v) is 14.4. The van der Waals surface area contributed by atoms with Crippen molar-refractivity contribution < 1.29 is 46.1 Å². The minimum Gasteiger partial charge on any atom is -1.00 e. The molecule has 0 saturated carbocycles.